The Hall–Kier alpha value is -1.59. The maximum Gasteiger partial charge on any atom is 0.225 e. The summed E-state index contributed by atoms with van der Waals surface area (Å²) in [7, 11) is 0. The fourth-order valence-electron chi connectivity index (χ4n) is 3.44. The number of piperidine rings is 1. The Bertz CT molecular complexity index is 555. The minimum atomic E-state index is -0.280. The average Bonchev–Trinajstić information content (AvgIpc) is 2.64. The fraction of sp³-hybridized carbons (Fsp3) is 0.600. The maximum atomic E-state index is 12.4. The summed E-state index contributed by atoms with van der Waals surface area (Å²) < 4.78 is 0. The van der Waals surface area contributed by atoms with Gasteiger partial charge in [-0.15, -0.1) is 12.4 Å². The zero-order valence-electron chi connectivity index (χ0n) is 15.8. The van der Waals surface area contributed by atoms with Crippen molar-refractivity contribution in [2.24, 2.45) is 11.7 Å². The third kappa shape index (κ3) is 6.29. The number of benzene rings is 1. The van der Waals surface area contributed by atoms with Crippen molar-refractivity contribution in [3.8, 4) is 0 Å². The van der Waals surface area contributed by atoms with Crippen LogP contribution in [-0.4, -0.2) is 35.8 Å². The van der Waals surface area contributed by atoms with E-state index in [9.17, 15) is 9.59 Å². The lowest BCUT2D eigenvalue weighted by Crippen LogP contribution is -2.48. The molecule has 0 spiro atoms. The molecule has 146 valence electrons. The third-order valence-corrected chi connectivity index (χ3v) is 5.14. The molecule has 0 bridgehead atoms. The highest BCUT2D eigenvalue weighted by Gasteiger charge is 2.27. The molecule has 1 unspecified atom stereocenters. The molecule has 1 fully saturated rings. The van der Waals surface area contributed by atoms with Crippen LogP contribution in [0.25, 0.3) is 0 Å². The van der Waals surface area contributed by atoms with Gasteiger partial charge in [0.1, 0.15) is 0 Å². The highest BCUT2D eigenvalue weighted by molar-refractivity contribution is 5.85. The van der Waals surface area contributed by atoms with E-state index >= 15 is 0 Å². The molecule has 0 aliphatic carbocycles. The molecule has 1 aromatic carbocycles. The van der Waals surface area contributed by atoms with Crippen molar-refractivity contribution in [2.75, 3.05) is 13.1 Å². The van der Waals surface area contributed by atoms with Crippen LogP contribution in [0.15, 0.2) is 30.3 Å². The van der Waals surface area contributed by atoms with E-state index in [1.165, 1.54) is 0 Å². The first-order chi connectivity index (χ1) is 12.0. The van der Waals surface area contributed by atoms with E-state index in [1.54, 1.807) is 0 Å². The predicted octanol–water partition coefficient (Wildman–Crippen LogP) is 3.04. The van der Waals surface area contributed by atoms with E-state index in [-0.39, 0.29) is 48.6 Å². The molecule has 2 rings (SSSR count). The van der Waals surface area contributed by atoms with Gasteiger partial charge in [-0.05, 0) is 31.2 Å². The molecule has 0 radical (unpaired) electrons. The van der Waals surface area contributed by atoms with Gasteiger partial charge in [0.2, 0.25) is 11.8 Å². The smallest absolute Gasteiger partial charge is 0.225 e. The summed E-state index contributed by atoms with van der Waals surface area (Å²) >= 11 is 0. The molecule has 6 heteroatoms. The second-order valence-electron chi connectivity index (χ2n) is 6.90. The van der Waals surface area contributed by atoms with Crippen molar-refractivity contribution >= 4 is 24.2 Å². The van der Waals surface area contributed by atoms with E-state index in [1.807, 2.05) is 35.2 Å². The largest absolute Gasteiger partial charge is 0.353 e. The minimum Gasteiger partial charge on any atom is -0.353 e. The molecule has 3 N–H and O–H groups in total. The number of nitrogens with one attached hydrogen (secondary N) is 1. The monoisotopic (exact) mass is 381 g/mol. The lowest BCUT2D eigenvalue weighted by Gasteiger charge is -2.34. The standard InChI is InChI=1S/C20H31N3O2.ClH/c1-3-15(4-2)20(25)23-12-10-17(11-13-23)22-19(24)14-18(21)16-8-6-5-7-9-16;/h5-9,15,17-18H,3-4,10-14,21H2,1-2H3,(H,22,24);1H. The normalized spacial score (nSPS) is 16.1. The number of rotatable bonds is 7. The van der Waals surface area contributed by atoms with Crippen molar-refractivity contribution in [2.45, 2.75) is 58.0 Å². The second kappa shape index (κ2) is 11.2. The number of amides is 2. The summed E-state index contributed by atoms with van der Waals surface area (Å²) in [6.45, 7) is 5.58. The molecule has 1 atom stereocenters. The van der Waals surface area contributed by atoms with Crippen LogP contribution in [0, 0.1) is 5.92 Å². The van der Waals surface area contributed by atoms with Crippen LogP contribution < -0.4 is 11.1 Å². The molecule has 1 aliphatic rings. The van der Waals surface area contributed by atoms with Crippen LogP contribution in [0.3, 0.4) is 0 Å². The Morgan fingerprint density at radius 1 is 1.15 bits per heavy atom. The first kappa shape index (κ1) is 22.5. The highest BCUT2D eigenvalue weighted by Crippen LogP contribution is 2.18. The highest BCUT2D eigenvalue weighted by atomic mass is 35.5. The summed E-state index contributed by atoms with van der Waals surface area (Å²) in [5, 5.41) is 3.08. The van der Waals surface area contributed by atoms with Gasteiger partial charge in [0.15, 0.2) is 0 Å². The number of likely N-dealkylation sites (tertiary alicyclic amines) is 1. The van der Waals surface area contributed by atoms with E-state index in [0.29, 0.717) is 0 Å². The van der Waals surface area contributed by atoms with Gasteiger partial charge in [0.25, 0.3) is 0 Å². The van der Waals surface area contributed by atoms with Gasteiger partial charge in [-0.2, -0.15) is 0 Å². The van der Waals surface area contributed by atoms with Gasteiger partial charge in [-0.25, -0.2) is 0 Å². The summed E-state index contributed by atoms with van der Waals surface area (Å²) in [4.78, 5) is 26.6. The number of nitrogens with two attached hydrogens (primary N) is 1. The zero-order valence-corrected chi connectivity index (χ0v) is 16.6. The number of carbonyl (C=O) groups is 2. The van der Waals surface area contributed by atoms with Crippen LogP contribution in [0.2, 0.25) is 0 Å². The van der Waals surface area contributed by atoms with Gasteiger partial charge >= 0.3 is 0 Å². The van der Waals surface area contributed by atoms with Crippen molar-refractivity contribution in [1.29, 1.82) is 0 Å². The number of halogens is 1. The first-order valence-corrected chi connectivity index (χ1v) is 9.43. The SMILES string of the molecule is CCC(CC)C(=O)N1CCC(NC(=O)CC(N)c2ccccc2)CC1.Cl. The number of carbonyl (C=O) groups excluding carboxylic acids is 2. The molecule has 0 saturated carbocycles. The van der Waals surface area contributed by atoms with E-state index < -0.39 is 0 Å². The fourth-order valence-corrected chi connectivity index (χ4v) is 3.44. The quantitative estimate of drug-likeness (QED) is 0.762. The molecule has 2 amide bonds. The van der Waals surface area contributed by atoms with Crippen molar-refractivity contribution in [1.82, 2.24) is 10.2 Å². The van der Waals surface area contributed by atoms with Crippen LogP contribution >= 0.6 is 12.4 Å². The van der Waals surface area contributed by atoms with E-state index in [2.05, 4.69) is 19.2 Å². The molecule has 1 aliphatic heterocycles. The predicted molar refractivity (Wildman–Crippen MR) is 107 cm³/mol. The van der Waals surface area contributed by atoms with Gasteiger partial charge in [-0.3, -0.25) is 9.59 Å². The lowest BCUT2D eigenvalue weighted by molar-refractivity contribution is -0.137. The second-order valence-corrected chi connectivity index (χ2v) is 6.90. The summed E-state index contributed by atoms with van der Waals surface area (Å²) in [6.07, 6.45) is 3.71. The number of hydrogen-bond donors (Lipinski definition) is 2. The van der Waals surface area contributed by atoms with Crippen LogP contribution in [-0.2, 0) is 9.59 Å². The Morgan fingerprint density at radius 3 is 2.27 bits per heavy atom. The van der Waals surface area contributed by atoms with Crippen LogP contribution in [0.5, 0.6) is 0 Å². The molecule has 1 aromatic rings. The first-order valence-electron chi connectivity index (χ1n) is 9.43. The number of hydrogen-bond acceptors (Lipinski definition) is 3. The van der Waals surface area contributed by atoms with Gasteiger partial charge in [0.05, 0.1) is 0 Å². The molecule has 0 aromatic heterocycles. The molecule has 1 saturated heterocycles. The topological polar surface area (TPSA) is 75.4 Å². The average molecular weight is 382 g/mol. The summed E-state index contributed by atoms with van der Waals surface area (Å²) in [5.74, 6) is 0.386. The minimum absolute atomic E-state index is 0. The van der Waals surface area contributed by atoms with Crippen LogP contribution in [0.4, 0.5) is 0 Å². The molecule has 1 heterocycles. The Labute approximate surface area is 163 Å². The third-order valence-electron chi connectivity index (χ3n) is 5.14. The van der Waals surface area contributed by atoms with Gasteiger partial charge < -0.3 is 16.0 Å². The van der Waals surface area contributed by atoms with E-state index in [4.69, 9.17) is 5.73 Å². The Morgan fingerprint density at radius 2 is 1.73 bits per heavy atom. The number of nitrogens with zero attached hydrogens (tertiary/aromatic N) is 1. The Balaban J connectivity index is 0.00000338. The van der Waals surface area contributed by atoms with Gasteiger partial charge in [-0.1, -0.05) is 44.2 Å². The van der Waals surface area contributed by atoms with Crippen molar-refractivity contribution in [3.63, 3.8) is 0 Å². The van der Waals surface area contributed by atoms with Crippen molar-refractivity contribution in [3.05, 3.63) is 35.9 Å². The summed E-state index contributed by atoms with van der Waals surface area (Å²) in [5.41, 5.74) is 7.09. The molecule has 5 nitrogen and oxygen atoms in total. The van der Waals surface area contributed by atoms with E-state index in [0.717, 1.165) is 44.3 Å². The maximum absolute atomic E-state index is 12.4. The van der Waals surface area contributed by atoms with Gasteiger partial charge in [0, 0.05) is 37.5 Å². The van der Waals surface area contributed by atoms with Crippen LogP contribution in [0.1, 0.15) is 57.6 Å². The molecule has 26 heavy (non-hydrogen) atoms. The molecular formula is C20H32ClN3O2. The Kier molecular flexibility index (Phi) is 9.66. The molecular weight excluding hydrogens is 350 g/mol. The van der Waals surface area contributed by atoms with Crippen molar-refractivity contribution < 1.29 is 9.59 Å². The summed E-state index contributed by atoms with van der Waals surface area (Å²) in [6, 6.07) is 9.55. The lowest BCUT2D eigenvalue weighted by atomic mass is 9.98. The zero-order chi connectivity index (χ0) is 18.2.